The van der Waals surface area contributed by atoms with Crippen LogP contribution in [0.4, 0.5) is 0 Å². The summed E-state index contributed by atoms with van der Waals surface area (Å²) in [5.41, 5.74) is 5.96. The molecule has 0 atom stereocenters. The number of benzene rings is 2. The summed E-state index contributed by atoms with van der Waals surface area (Å²) in [5, 5.41) is 3.94. The van der Waals surface area contributed by atoms with Gasteiger partial charge < -0.3 is 4.98 Å². The molecular weight excluding hydrogens is 316 g/mol. The third kappa shape index (κ3) is 4.38. The number of nitrogens with zero attached hydrogens (tertiary/aromatic N) is 2. The number of aromatic nitrogens is 2. The number of amides is 1. The number of para-hydroxylation sites is 2. The summed E-state index contributed by atoms with van der Waals surface area (Å²) < 4.78 is 0. The van der Waals surface area contributed by atoms with Crippen molar-refractivity contribution in [1.29, 1.82) is 0 Å². The molecule has 0 aliphatic heterocycles. The summed E-state index contributed by atoms with van der Waals surface area (Å²) in [6, 6.07) is 15.1. The number of rotatable bonds is 5. The maximum absolute atomic E-state index is 12.0. The summed E-state index contributed by atoms with van der Waals surface area (Å²) in [6.07, 6.45) is 1.98. The number of hydrazone groups is 1. The minimum Gasteiger partial charge on any atom is -0.319 e. The van der Waals surface area contributed by atoms with Gasteiger partial charge in [-0.1, -0.05) is 42.0 Å². The lowest BCUT2D eigenvalue weighted by Crippen LogP contribution is -2.21. The van der Waals surface area contributed by atoms with Crippen molar-refractivity contribution in [1.82, 2.24) is 15.4 Å². The Balaban J connectivity index is 1.59. The SMILES string of the molecule is Cc1cccc(/C=N/NC(=O)CCc2nc3ccccc3[nH]c2=O)c1. The summed E-state index contributed by atoms with van der Waals surface area (Å²) >= 11 is 0. The Hall–Kier alpha value is -3.28. The van der Waals surface area contributed by atoms with Crippen LogP contribution in [-0.4, -0.2) is 22.1 Å². The van der Waals surface area contributed by atoms with Crippen molar-refractivity contribution in [2.75, 3.05) is 0 Å². The maximum Gasteiger partial charge on any atom is 0.270 e. The first-order valence-corrected chi connectivity index (χ1v) is 7.98. The molecule has 1 amide bonds. The van der Waals surface area contributed by atoms with E-state index in [-0.39, 0.29) is 24.3 Å². The second kappa shape index (κ2) is 7.53. The van der Waals surface area contributed by atoms with Crippen molar-refractivity contribution in [2.24, 2.45) is 5.10 Å². The highest BCUT2D eigenvalue weighted by atomic mass is 16.2. The number of hydrogen-bond donors (Lipinski definition) is 2. The van der Waals surface area contributed by atoms with Crippen LogP contribution in [0.2, 0.25) is 0 Å². The van der Waals surface area contributed by atoms with Crippen molar-refractivity contribution in [3.63, 3.8) is 0 Å². The first-order valence-electron chi connectivity index (χ1n) is 7.98. The summed E-state index contributed by atoms with van der Waals surface area (Å²) in [6.45, 7) is 1.99. The average molecular weight is 334 g/mol. The molecule has 2 aromatic carbocycles. The fraction of sp³-hybridized carbons (Fsp3) is 0.158. The second-order valence-corrected chi connectivity index (χ2v) is 5.74. The van der Waals surface area contributed by atoms with E-state index in [9.17, 15) is 9.59 Å². The lowest BCUT2D eigenvalue weighted by Gasteiger charge is -2.02. The number of nitrogens with one attached hydrogen (secondary N) is 2. The number of fused-ring (bicyclic) bond motifs is 1. The van der Waals surface area contributed by atoms with Crippen LogP contribution < -0.4 is 11.0 Å². The van der Waals surface area contributed by atoms with E-state index in [1.807, 2.05) is 49.4 Å². The van der Waals surface area contributed by atoms with Gasteiger partial charge in [0.15, 0.2) is 0 Å². The van der Waals surface area contributed by atoms with E-state index in [2.05, 4.69) is 20.5 Å². The van der Waals surface area contributed by atoms with Gasteiger partial charge in [-0.3, -0.25) is 9.59 Å². The van der Waals surface area contributed by atoms with Gasteiger partial charge in [-0.15, -0.1) is 0 Å². The Labute approximate surface area is 144 Å². The fourth-order valence-electron chi connectivity index (χ4n) is 2.45. The molecule has 0 radical (unpaired) electrons. The standard InChI is InChI=1S/C19H18N4O2/c1-13-5-4-6-14(11-13)12-20-23-18(24)10-9-17-19(25)22-16-8-3-2-7-15(16)21-17/h2-8,11-12H,9-10H2,1H3,(H,22,25)(H,23,24)/b20-12+. The van der Waals surface area contributed by atoms with E-state index in [1.165, 1.54) is 0 Å². The van der Waals surface area contributed by atoms with Gasteiger partial charge in [0, 0.05) is 12.8 Å². The molecule has 3 aromatic rings. The fourth-order valence-corrected chi connectivity index (χ4v) is 2.45. The van der Waals surface area contributed by atoms with Gasteiger partial charge in [0.05, 0.1) is 17.2 Å². The van der Waals surface area contributed by atoms with Crippen molar-refractivity contribution in [3.8, 4) is 0 Å². The Bertz CT molecular complexity index is 992. The van der Waals surface area contributed by atoms with Gasteiger partial charge in [0.25, 0.3) is 5.56 Å². The highest BCUT2D eigenvalue weighted by molar-refractivity contribution is 5.82. The topological polar surface area (TPSA) is 87.2 Å². The van der Waals surface area contributed by atoms with Crippen molar-refractivity contribution >= 4 is 23.2 Å². The van der Waals surface area contributed by atoms with Crippen LogP contribution in [-0.2, 0) is 11.2 Å². The quantitative estimate of drug-likeness (QED) is 0.554. The molecule has 0 saturated heterocycles. The summed E-state index contributed by atoms with van der Waals surface area (Å²) in [4.78, 5) is 31.0. The molecule has 0 aliphatic carbocycles. The molecule has 0 aliphatic rings. The van der Waals surface area contributed by atoms with Crippen molar-refractivity contribution in [2.45, 2.75) is 19.8 Å². The molecule has 0 fully saturated rings. The zero-order valence-corrected chi connectivity index (χ0v) is 13.8. The Morgan fingerprint density at radius 1 is 1.24 bits per heavy atom. The molecule has 25 heavy (non-hydrogen) atoms. The number of aryl methyl sites for hydroxylation is 2. The number of hydrogen-bond acceptors (Lipinski definition) is 4. The average Bonchev–Trinajstić information content (AvgIpc) is 2.60. The highest BCUT2D eigenvalue weighted by Gasteiger charge is 2.07. The maximum atomic E-state index is 12.0. The molecule has 1 aromatic heterocycles. The second-order valence-electron chi connectivity index (χ2n) is 5.74. The van der Waals surface area contributed by atoms with Crippen LogP contribution in [0.1, 0.15) is 23.2 Å². The van der Waals surface area contributed by atoms with Crippen LogP contribution >= 0.6 is 0 Å². The molecule has 0 bridgehead atoms. The molecule has 126 valence electrons. The Morgan fingerprint density at radius 3 is 2.92 bits per heavy atom. The molecule has 1 heterocycles. The van der Waals surface area contributed by atoms with Gasteiger partial charge in [0.1, 0.15) is 5.69 Å². The summed E-state index contributed by atoms with van der Waals surface area (Å²) in [7, 11) is 0. The van der Waals surface area contributed by atoms with Crippen LogP contribution in [0, 0.1) is 6.92 Å². The largest absolute Gasteiger partial charge is 0.319 e. The first-order chi connectivity index (χ1) is 12.1. The minimum atomic E-state index is -0.269. The highest BCUT2D eigenvalue weighted by Crippen LogP contribution is 2.06. The molecular formula is C19H18N4O2. The third-order valence-corrected chi connectivity index (χ3v) is 3.70. The molecule has 2 N–H and O–H groups in total. The number of carbonyl (C=O) groups is 1. The number of H-pyrrole nitrogens is 1. The van der Waals surface area contributed by atoms with Crippen molar-refractivity contribution < 1.29 is 4.79 Å². The van der Waals surface area contributed by atoms with Crippen LogP contribution in [0.15, 0.2) is 58.4 Å². The van der Waals surface area contributed by atoms with Crippen LogP contribution in [0.25, 0.3) is 11.0 Å². The van der Waals surface area contributed by atoms with Crippen LogP contribution in [0.5, 0.6) is 0 Å². The van der Waals surface area contributed by atoms with E-state index in [0.717, 1.165) is 11.1 Å². The predicted molar refractivity (Wildman–Crippen MR) is 97.6 cm³/mol. The van der Waals surface area contributed by atoms with E-state index in [0.29, 0.717) is 16.7 Å². The normalized spacial score (nSPS) is 11.1. The Kier molecular flexibility index (Phi) is 4.99. The smallest absolute Gasteiger partial charge is 0.270 e. The lowest BCUT2D eigenvalue weighted by molar-refractivity contribution is -0.121. The van der Waals surface area contributed by atoms with Gasteiger partial charge >= 0.3 is 0 Å². The van der Waals surface area contributed by atoms with Crippen LogP contribution in [0.3, 0.4) is 0 Å². The molecule has 0 spiro atoms. The molecule has 6 heteroatoms. The molecule has 0 saturated carbocycles. The van der Waals surface area contributed by atoms with Gasteiger partial charge in [-0.05, 0) is 24.6 Å². The van der Waals surface area contributed by atoms with E-state index in [4.69, 9.17) is 0 Å². The van der Waals surface area contributed by atoms with E-state index in [1.54, 1.807) is 12.3 Å². The summed E-state index contributed by atoms with van der Waals surface area (Å²) in [5.74, 6) is -0.265. The van der Waals surface area contributed by atoms with Gasteiger partial charge in [0.2, 0.25) is 5.91 Å². The number of carbonyl (C=O) groups excluding carboxylic acids is 1. The predicted octanol–water partition coefficient (Wildman–Crippen LogP) is 2.31. The minimum absolute atomic E-state index is 0.138. The van der Waals surface area contributed by atoms with E-state index >= 15 is 0 Å². The zero-order valence-electron chi connectivity index (χ0n) is 13.8. The Morgan fingerprint density at radius 2 is 2.08 bits per heavy atom. The van der Waals surface area contributed by atoms with E-state index < -0.39 is 0 Å². The first kappa shape index (κ1) is 16.6. The lowest BCUT2D eigenvalue weighted by atomic mass is 10.2. The van der Waals surface area contributed by atoms with Gasteiger partial charge in [-0.2, -0.15) is 5.10 Å². The van der Waals surface area contributed by atoms with Gasteiger partial charge in [-0.25, -0.2) is 10.4 Å². The molecule has 0 unspecified atom stereocenters. The third-order valence-electron chi connectivity index (χ3n) is 3.70. The molecule has 6 nitrogen and oxygen atoms in total. The van der Waals surface area contributed by atoms with Crippen molar-refractivity contribution in [3.05, 3.63) is 75.7 Å². The molecule has 3 rings (SSSR count). The number of aromatic amines is 1. The monoisotopic (exact) mass is 334 g/mol. The zero-order chi connectivity index (χ0) is 17.6.